The van der Waals surface area contributed by atoms with Gasteiger partial charge in [-0.3, -0.25) is 9.59 Å². The lowest BCUT2D eigenvalue weighted by Gasteiger charge is -2.09. The standard InChI is InChI=1S/C24H22N4O2/c1-16-13-19(17(2)28(16)23-7-5-4-6-8-23)14-20(15-25)24(30)27-22-11-9-21(10-12-22)26-18(3)29/h4-14H,1-3H3,(H,26,29)(H,27,30)/b20-14+. The van der Waals surface area contributed by atoms with Crippen LogP contribution in [0.15, 0.2) is 66.2 Å². The Kier molecular flexibility index (Phi) is 6.14. The Morgan fingerprint density at radius 2 is 1.57 bits per heavy atom. The zero-order valence-corrected chi connectivity index (χ0v) is 17.1. The lowest BCUT2D eigenvalue weighted by molar-refractivity contribution is -0.114. The molecule has 0 radical (unpaired) electrons. The number of hydrogen-bond acceptors (Lipinski definition) is 3. The monoisotopic (exact) mass is 398 g/mol. The van der Waals surface area contributed by atoms with Crippen molar-refractivity contribution in [2.75, 3.05) is 10.6 Å². The maximum absolute atomic E-state index is 12.6. The van der Waals surface area contributed by atoms with Crippen LogP contribution >= 0.6 is 0 Å². The van der Waals surface area contributed by atoms with Crippen LogP contribution in [0.5, 0.6) is 0 Å². The van der Waals surface area contributed by atoms with Gasteiger partial charge in [0.2, 0.25) is 5.91 Å². The number of aromatic nitrogens is 1. The zero-order valence-electron chi connectivity index (χ0n) is 17.1. The molecule has 2 N–H and O–H groups in total. The molecule has 3 aromatic rings. The summed E-state index contributed by atoms with van der Waals surface area (Å²) < 4.78 is 2.08. The van der Waals surface area contributed by atoms with Crippen molar-refractivity contribution >= 4 is 29.3 Å². The minimum atomic E-state index is -0.491. The number of aryl methyl sites for hydroxylation is 1. The second-order valence-corrected chi connectivity index (χ2v) is 6.88. The normalized spacial score (nSPS) is 10.9. The number of nitrogens with one attached hydrogen (secondary N) is 2. The molecule has 6 heteroatoms. The molecule has 0 bridgehead atoms. The summed E-state index contributed by atoms with van der Waals surface area (Å²) in [6.07, 6.45) is 1.60. The fraction of sp³-hybridized carbons (Fsp3) is 0.125. The molecule has 1 heterocycles. The van der Waals surface area contributed by atoms with Gasteiger partial charge in [-0.1, -0.05) is 18.2 Å². The Hall–Kier alpha value is -4.11. The molecule has 0 aliphatic carbocycles. The maximum Gasteiger partial charge on any atom is 0.266 e. The van der Waals surface area contributed by atoms with Crippen LogP contribution in [0, 0.1) is 25.2 Å². The van der Waals surface area contributed by atoms with Gasteiger partial charge in [-0.25, -0.2) is 0 Å². The predicted molar refractivity (Wildman–Crippen MR) is 118 cm³/mol. The minimum Gasteiger partial charge on any atom is -0.326 e. The van der Waals surface area contributed by atoms with E-state index < -0.39 is 5.91 Å². The maximum atomic E-state index is 12.6. The number of carbonyl (C=O) groups excluding carboxylic acids is 2. The molecule has 0 aliphatic heterocycles. The first-order valence-electron chi connectivity index (χ1n) is 9.44. The summed E-state index contributed by atoms with van der Waals surface area (Å²) >= 11 is 0. The fourth-order valence-corrected chi connectivity index (χ4v) is 3.25. The van der Waals surface area contributed by atoms with E-state index in [1.54, 1.807) is 30.3 Å². The Morgan fingerprint density at radius 3 is 2.13 bits per heavy atom. The highest BCUT2D eigenvalue weighted by Crippen LogP contribution is 2.23. The largest absolute Gasteiger partial charge is 0.326 e. The van der Waals surface area contributed by atoms with Crippen LogP contribution < -0.4 is 10.6 Å². The summed E-state index contributed by atoms with van der Waals surface area (Å²) in [5, 5.41) is 14.9. The third-order valence-corrected chi connectivity index (χ3v) is 4.61. The van der Waals surface area contributed by atoms with Crippen molar-refractivity contribution in [2.45, 2.75) is 20.8 Å². The first kappa shape index (κ1) is 20.6. The van der Waals surface area contributed by atoms with Crippen LogP contribution in [0.2, 0.25) is 0 Å². The van der Waals surface area contributed by atoms with Gasteiger partial charge >= 0.3 is 0 Å². The number of rotatable bonds is 5. The number of amides is 2. The van der Waals surface area contributed by atoms with Crippen LogP contribution in [-0.4, -0.2) is 16.4 Å². The number of benzene rings is 2. The molecule has 0 atom stereocenters. The molecule has 30 heavy (non-hydrogen) atoms. The van der Waals surface area contributed by atoms with Crippen molar-refractivity contribution in [3.05, 3.63) is 83.2 Å². The molecule has 3 rings (SSSR count). The highest BCUT2D eigenvalue weighted by molar-refractivity contribution is 6.09. The summed E-state index contributed by atoms with van der Waals surface area (Å²) in [5.74, 6) is -0.663. The summed E-state index contributed by atoms with van der Waals surface area (Å²) in [4.78, 5) is 23.7. The molecule has 0 fully saturated rings. The highest BCUT2D eigenvalue weighted by atomic mass is 16.2. The van der Waals surface area contributed by atoms with Crippen LogP contribution in [0.4, 0.5) is 11.4 Å². The SMILES string of the molecule is CC(=O)Nc1ccc(NC(=O)/C(C#N)=C/c2cc(C)n(-c3ccccc3)c2C)cc1. The number of nitrogens with zero attached hydrogens (tertiary/aromatic N) is 2. The molecular formula is C24H22N4O2. The number of nitriles is 1. The quantitative estimate of drug-likeness (QED) is 0.486. The van der Waals surface area contributed by atoms with E-state index >= 15 is 0 Å². The van der Waals surface area contributed by atoms with Crippen molar-refractivity contribution in [3.8, 4) is 11.8 Å². The van der Waals surface area contributed by atoms with E-state index in [2.05, 4.69) is 15.2 Å². The smallest absolute Gasteiger partial charge is 0.266 e. The van der Waals surface area contributed by atoms with Crippen LogP contribution in [-0.2, 0) is 9.59 Å². The molecule has 0 aliphatic rings. The third-order valence-electron chi connectivity index (χ3n) is 4.61. The Bertz CT molecular complexity index is 1150. The molecule has 6 nitrogen and oxygen atoms in total. The second-order valence-electron chi connectivity index (χ2n) is 6.88. The van der Waals surface area contributed by atoms with Gasteiger partial charge in [0, 0.05) is 35.4 Å². The number of carbonyl (C=O) groups is 2. The highest BCUT2D eigenvalue weighted by Gasteiger charge is 2.14. The zero-order chi connectivity index (χ0) is 21.7. The summed E-state index contributed by atoms with van der Waals surface area (Å²) in [6.45, 7) is 5.37. The Labute approximate surface area is 175 Å². The molecule has 0 unspecified atom stereocenters. The van der Waals surface area contributed by atoms with Crippen molar-refractivity contribution < 1.29 is 9.59 Å². The first-order valence-corrected chi connectivity index (χ1v) is 9.44. The molecule has 0 saturated carbocycles. The van der Waals surface area contributed by atoms with Crippen molar-refractivity contribution in [3.63, 3.8) is 0 Å². The van der Waals surface area contributed by atoms with Gasteiger partial charge in [0.1, 0.15) is 11.6 Å². The fourth-order valence-electron chi connectivity index (χ4n) is 3.25. The number of hydrogen-bond donors (Lipinski definition) is 2. The van der Waals surface area contributed by atoms with E-state index in [1.165, 1.54) is 6.92 Å². The van der Waals surface area contributed by atoms with Gasteiger partial charge in [-0.15, -0.1) is 0 Å². The van der Waals surface area contributed by atoms with Gasteiger partial charge in [-0.05, 0) is 68.0 Å². The molecular weight excluding hydrogens is 376 g/mol. The van der Waals surface area contributed by atoms with E-state index in [1.807, 2.05) is 56.3 Å². The van der Waals surface area contributed by atoms with Gasteiger partial charge in [0.05, 0.1) is 0 Å². The van der Waals surface area contributed by atoms with Crippen molar-refractivity contribution in [1.29, 1.82) is 5.26 Å². The summed E-state index contributed by atoms with van der Waals surface area (Å²) in [6, 6.07) is 20.5. The Balaban J connectivity index is 1.83. The van der Waals surface area contributed by atoms with Crippen LogP contribution in [0.3, 0.4) is 0 Å². The molecule has 150 valence electrons. The van der Waals surface area contributed by atoms with E-state index in [4.69, 9.17) is 0 Å². The average molecular weight is 398 g/mol. The third kappa shape index (κ3) is 4.65. The average Bonchev–Trinajstić information content (AvgIpc) is 3.00. The number of para-hydroxylation sites is 1. The minimum absolute atomic E-state index is 0.00856. The van der Waals surface area contributed by atoms with E-state index in [0.29, 0.717) is 11.4 Å². The summed E-state index contributed by atoms with van der Waals surface area (Å²) in [5.41, 5.74) is 4.96. The van der Waals surface area contributed by atoms with Crippen molar-refractivity contribution in [2.24, 2.45) is 0 Å². The number of anilines is 2. The molecule has 1 aromatic heterocycles. The molecule has 2 aromatic carbocycles. The van der Waals surface area contributed by atoms with Crippen LogP contribution in [0.1, 0.15) is 23.9 Å². The molecule has 0 saturated heterocycles. The van der Waals surface area contributed by atoms with E-state index in [0.717, 1.165) is 22.6 Å². The lowest BCUT2D eigenvalue weighted by atomic mass is 10.1. The Morgan fingerprint density at radius 1 is 0.967 bits per heavy atom. The van der Waals surface area contributed by atoms with Gasteiger partial charge in [0.15, 0.2) is 0 Å². The van der Waals surface area contributed by atoms with Crippen molar-refractivity contribution in [1.82, 2.24) is 4.57 Å². The first-order chi connectivity index (χ1) is 14.4. The van der Waals surface area contributed by atoms with Crippen LogP contribution in [0.25, 0.3) is 11.8 Å². The molecule has 0 spiro atoms. The van der Waals surface area contributed by atoms with Gasteiger partial charge < -0.3 is 15.2 Å². The molecule has 2 amide bonds. The second kappa shape index (κ2) is 8.93. The van der Waals surface area contributed by atoms with E-state index in [9.17, 15) is 14.9 Å². The van der Waals surface area contributed by atoms with E-state index in [-0.39, 0.29) is 11.5 Å². The summed E-state index contributed by atoms with van der Waals surface area (Å²) in [7, 11) is 0. The topological polar surface area (TPSA) is 86.9 Å². The predicted octanol–water partition coefficient (Wildman–Crippen LogP) is 4.60. The van der Waals surface area contributed by atoms with Gasteiger partial charge in [0.25, 0.3) is 5.91 Å². The lowest BCUT2D eigenvalue weighted by Crippen LogP contribution is -2.13. The van der Waals surface area contributed by atoms with Gasteiger partial charge in [-0.2, -0.15) is 5.26 Å².